The number of ether oxygens (including phenoxy) is 1. The zero-order chi connectivity index (χ0) is 23.9. The summed E-state index contributed by atoms with van der Waals surface area (Å²) in [5.74, 6) is 2.10. The number of amides is 1. The van der Waals surface area contributed by atoms with Crippen molar-refractivity contribution in [3.8, 4) is 0 Å². The Balaban J connectivity index is 1.52. The van der Waals surface area contributed by atoms with E-state index in [2.05, 4.69) is 17.6 Å². The first-order valence-corrected chi connectivity index (χ1v) is 13.5. The Morgan fingerprint density at radius 3 is 2.18 bits per heavy atom. The van der Waals surface area contributed by atoms with Gasteiger partial charge in [-0.2, -0.15) is 0 Å². The SMILES string of the molecule is CCN(CC)C(=O)c1sc(NC(=S)NC(C)C23CC4CC(CC(C4)C2)C3)c(C(=O)OC)c1C. The van der Waals surface area contributed by atoms with E-state index in [9.17, 15) is 9.59 Å². The predicted molar refractivity (Wildman–Crippen MR) is 137 cm³/mol. The van der Waals surface area contributed by atoms with Crippen molar-refractivity contribution in [2.75, 3.05) is 25.5 Å². The predicted octanol–water partition coefficient (Wildman–Crippen LogP) is 5.22. The second-order valence-electron chi connectivity index (χ2n) is 10.3. The fraction of sp³-hybridized carbons (Fsp3) is 0.720. The first kappa shape index (κ1) is 24.5. The molecule has 4 bridgehead atoms. The van der Waals surface area contributed by atoms with Gasteiger partial charge in [-0.3, -0.25) is 4.79 Å². The van der Waals surface area contributed by atoms with Gasteiger partial charge in [-0.25, -0.2) is 4.79 Å². The zero-order valence-electron chi connectivity index (χ0n) is 20.5. The Kier molecular flexibility index (Phi) is 7.06. The summed E-state index contributed by atoms with van der Waals surface area (Å²) < 4.78 is 5.03. The van der Waals surface area contributed by atoms with Crippen molar-refractivity contribution in [1.82, 2.24) is 10.2 Å². The summed E-state index contributed by atoms with van der Waals surface area (Å²) in [4.78, 5) is 27.9. The smallest absolute Gasteiger partial charge is 0.341 e. The van der Waals surface area contributed by atoms with Crippen LogP contribution in [-0.2, 0) is 4.74 Å². The monoisotopic (exact) mass is 491 g/mol. The molecule has 0 radical (unpaired) electrons. The van der Waals surface area contributed by atoms with E-state index in [1.807, 2.05) is 13.8 Å². The molecule has 1 aromatic heterocycles. The minimum absolute atomic E-state index is 0.0680. The molecule has 4 fully saturated rings. The van der Waals surface area contributed by atoms with Crippen LogP contribution in [0.1, 0.15) is 84.9 Å². The number of carbonyl (C=O) groups is 2. The van der Waals surface area contributed by atoms with E-state index in [1.165, 1.54) is 57.0 Å². The molecule has 0 spiro atoms. The lowest BCUT2D eigenvalue weighted by Gasteiger charge is -2.59. The molecule has 1 atom stereocenters. The van der Waals surface area contributed by atoms with Gasteiger partial charge >= 0.3 is 5.97 Å². The van der Waals surface area contributed by atoms with Crippen molar-refractivity contribution < 1.29 is 14.3 Å². The van der Waals surface area contributed by atoms with Gasteiger partial charge in [-0.1, -0.05) is 0 Å². The fourth-order valence-corrected chi connectivity index (χ4v) is 8.52. The number of hydrogen-bond acceptors (Lipinski definition) is 5. The van der Waals surface area contributed by atoms with Gasteiger partial charge in [-0.05, 0) is 107 Å². The molecule has 0 saturated heterocycles. The van der Waals surface area contributed by atoms with E-state index >= 15 is 0 Å². The number of thiocarbonyl (C=S) groups is 1. The first-order chi connectivity index (χ1) is 15.7. The molecule has 5 rings (SSSR count). The highest BCUT2D eigenvalue weighted by Crippen LogP contribution is 2.61. The van der Waals surface area contributed by atoms with Gasteiger partial charge in [0.2, 0.25) is 0 Å². The van der Waals surface area contributed by atoms with Crippen LogP contribution in [0.4, 0.5) is 5.00 Å². The number of nitrogens with zero attached hydrogens (tertiary/aromatic N) is 1. The highest BCUT2D eigenvalue weighted by atomic mass is 32.1. The van der Waals surface area contributed by atoms with E-state index < -0.39 is 5.97 Å². The molecule has 1 unspecified atom stereocenters. The fourth-order valence-electron chi connectivity index (χ4n) is 7.00. The van der Waals surface area contributed by atoms with Gasteiger partial charge in [0.25, 0.3) is 5.91 Å². The van der Waals surface area contributed by atoms with Gasteiger partial charge in [0, 0.05) is 19.1 Å². The van der Waals surface area contributed by atoms with Gasteiger partial charge in [0.15, 0.2) is 5.11 Å². The summed E-state index contributed by atoms with van der Waals surface area (Å²) in [6, 6.07) is 0.269. The number of nitrogens with one attached hydrogen (secondary N) is 2. The van der Waals surface area contributed by atoms with Crippen molar-refractivity contribution in [3.63, 3.8) is 0 Å². The number of thiophene rings is 1. The molecule has 1 aromatic rings. The average Bonchev–Trinajstić information content (AvgIpc) is 3.08. The molecule has 1 amide bonds. The summed E-state index contributed by atoms with van der Waals surface area (Å²) in [7, 11) is 1.36. The van der Waals surface area contributed by atoms with Gasteiger partial charge in [0.05, 0.1) is 17.6 Å². The average molecular weight is 492 g/mol. The lowest BCUT2D eigenvalue weighted by atomic mass is 9.48. The molecular weight excluding hydrogens is 454 g/mol. The second-order valence-corrected chi connectivity index (χ2v) is 11.8. The van der Waals surface area contributed by atoms with E-state index in [4.69, 9.17) is 17.0 Å². The molecule has 0 aliphatic heterocycles. The Bertz CT molecular complexity index is 902. The minimum atomic E-state index is -0.457. The standard InChI is InChI=1S/C25H37N3O3S2/c1-6-28(7-2)22(29)20-14(3)19(23(30)31-5)21(33-20)27-24(32)26-15(4)25-11-16-8-17(12-25)10-18(9-16)13-25/h15-18H,6-13H2,1-5H3,(H2,26,27,32). The van der Waals surface area contributed by atoms with Crippen LogP contribution in [0.5, 0.6) is 0 Å². The molecule has 4 aliphatic rings. The van der Waals surface area contributed by atoms with Crippen LogP contribution in [0, 0.1) is 30.1 Å². The molecule has 4 aliphatic carbocycles. The maximum absolute atomic E-state index is 13.0. The lowest BCUT2D eigenvalue weighted by Crippen LogP contribution is -2.56. The third kappa shape index (κ3) is 4.53. The molecule has 2 N–H and O–H groups in total. The zero-order valence-corrected chi connectivity index (χ0v) is 22.1. The Hall–Kier alpha value is -1.67. The Labute approximate surface area is 206 Å². The van der Waals surface area contributed by atoms with Crippen LogP contribution in [-0.4, -0.2) is 48.1 Å². The van der Waals surface area contributed by atoms with Gasteiger partial charge in [0.1, 0.15) is 5.00 Å². The van der Waals surface area contributed by atoms with E-state index in [1.54, 1.807) is 11.8 Å². The maximum atomic E-state index is 13.0. The number of rotatable bonds is 7. The maximum Gasteiger partial charge on any atom is 0.341 e. The largest absolute Gasteiger partial charge is 0.465 e. The third-order valence-corrected chi connectivity index (χ3v) is 9.78. The molecule has 8 heteroatoms. The first-order valence-electron chi connectivity index (χ1n) is 12.3. The van der Waals surface area contributed by atoms with E-state index in [0.717, 1.165) is 17.8 Å². The number of methoxy groups -OCH3 is 1. The van der Waals surface area contributed by atoms with Crippen molar-refractivity contribution in [3.05, 3.63) is 16.0 Å². The second kappa shape index (κ2) is 9.53. The number of anilines is 1. The molecule has 33 heavy (non-hydrogen) atoms. The highest BCUT2D eigenvalue weighted by molar-refractivity contribution is 7.80. The molecular formula is C25H37N3O3S2. The number of esters is 1. The normalized spacial score (nSPS) is 28.3. The summed E-state index contributed by atoms with van der Waals surface area (Å²) in [5.41, 5.74) is 1.36. The van der Waals surface area contributed by atoms with Crippen LogP contribution in [0.25, 0.3) is 0 Å². The van der Waals surface area contributed by atoms with Crippen LogP contribution in [0.15, 0.2) is 0 Å². The number of hydrogen-bond donors (Lipinski definition) is 2. The minimum Gasteiger partial charge on any atom is -0.465 e. The Morgan fingerprint density at radius 1 is 1.15 bits per heavy atom. The summed E-state index contributed by atoms with van der Waals surface area (Å²) in [5, 5.41) is 7.88. The van der Waals surface area contributed by atoms with Crippen molar-refractivity contribution in [2.24, 2.45) is 23.2 Å². The molecule has 6 nitrogen and oxygen atoms in total. The molecule has 4 saturated carbocycles. The van der Waals surface area contributed by atoms with E-state index in [-0.39, 0.29) is 11.9 Å². The number of carbonyl (C=O) groups excluding carboxylic acids is 2. The van der Waals surface area contributed by atoms with Crippen LogP contribution in [0.3, 0.4) is 0 Å². The lowest BCUT2D eigenvalue weighted by molar-refractivity contribution is -0.0671. The molecule has 0 aromatic carbocycles. The molecule has 1 heterocycles. The van der Waals surface area contributed by atoms with Crippen LogP contribution < -0.4 is 10.6 Å². The van der Waals surface area contributed by atoms with Gasteiger partial charge in [-0.15, -0.1) is 11.3 Å². The summed E-state index contributed by atoms with van der Waals surface area (Å²) in [6.45, 7) is 9.21. The quantitative estimate of drug-likeness (QED) is 0.403. The van der Waals surface area contributed by atoms with Crippen molar-refractivity contribution in [1.29, 1.82) is 0 Å². The van der Waals surface area contributed by atoms with Gasteiger partial charge < -0.3 is 20.3 Å². The topological polar surface area (TPSA) is 70.7 Å². The molecule has 182 valence electrons. The van der Waals surface area contributed by atoms with E-state index in [0.29, 0.717) is 44.6 Å². The van der Waals surface area contributed by atoms with Crippen LogP contribution in [0.2, 0.25) is 0 Å². The Morgan fingerprint density at radius 2 is 1.70 bits per heavy atom. The summed E-state index contributed by atoms with van der Waals surface area (Å²) >= 11 is 6.98. The van der Waals surface area contributed by atoms with Crippen LogP contribution >= 0.6 is 23.6 Å². The summed E-state index contributed by atoms with van der Waals surface area (Å²) in [6.07, 6.45) is 8.12. The highest BCUT2D eigenvalue weighted by Gasteiger charge is 2.53. The van der Waals surface area contributed by atoms with Crippen molar-refractivity contribution in [2.45, 2.75) is 72.3 Å². The third-order valence-electron chi connectivity index (χ3n) is 8.36. The van der Waals surface area contributed by atoms with Crippen molar-refractivity contribution >= 4 is 45.5 Å².